The Labute approximate surface area is 257 Å². The molecule has 3 heterocycles. The summed E-state index contributed by atoms with van der Waals surface area (Å²) in [5.41, 5.74) is 8.65. The molecule has 9 nitrogen and oxygen atoms in total. The summed E-state index contributed by atoms with van der Waals surface area (Å²) in [5.74, 6) is 0.792. The molecule has 0 amide bonds. The van der Waals surface area contributed by atoms with Gasteiger partial charge in [0.25, 0.3) is 0 Å². The molecule has 228 valence electrons. The summed E-state index contributed by atoms with van der Waals surface area (Å²) in [6.07, 6.45) is 4.07. The van der Waals surface area contributed by atoms with E-state index >= 15 is 0 Å². The topological polar surface area (TPSA) is 125 Å². The predicted molar refractivity (Wildman–Crippen MR) is 164 cm³/mol. The van der Waals surface area contributed by atoms with Gasteiger partial charge in [-0.1, -0.05) is 18.2 Å². The van der Waals surface area contributed by atoms with Crippen LogP contribution in [0, 0.1) is 34.0 Å². The molecular formula is C33H30F3N9. The van der Waals surface area contributed by atoms with Crippen molar-refractivity contribution in [2.24, 2.45) is 11.3 Å². The number of pyridine rings is 2. The molecule has 45 heavy (non-hydrogen) atoms. The van der Waals surface area contributed by atoms with Gasteiger partial charge in [0.05, 0.1) is 50.5 Å². The van der Waals surface area contributed by atoms with Crippen molar-refractivity contribution in [2.75, 3.05) is 17.2 Å². The van der Waals surface area contributed by atoms with Gasteiger partial charge in [-0.25, -0.2) is 0 Å². The fourth-order valence-electron chi connectivity index (χ4n) is 6.48. The maximum absolute atomic E-state index is 13.7. The van der Waals surface area contributed by atoms with Gasteiger partial charge in [-0.3, -0.25) is 15.0 Å². The summed E-state index contributed by atoms with van der Waals surface area (Å²) in [7, 11) is 0. The van der Waals surface area contributed by atoms with Crippen LogP contribution in [0.5, 0.6) is 0 Å². The third kappa shape index (κ3) is 4.73. The van der Waals surface area contributed by atoms with Crippen LogP contribution in [0.3, 0.4) is 0 Å². The number of fused-ring (bicyclic) bond motifs is 2. The van der Waals surface area contributed by atoms with Gasteiger partial charge in [-0.15, -0.1) is 5.53 Å². The number of benzene rings is 2. The Morgan fingerprint density at radius 3 is 2.51 bits per heavy atom. The lowest BCUT2D eigenvalue weighted by molar-refractivity contribution is -0.206. The maximum atomic E-state index is 13.7. The number of hydrogen-bond acceptors (Lipinski definition) is 9. The molecular weight excluding hydrogens is 579 g/mol. The van der Waals surface area contributed by atoms with E-state index in [1.54, 1.807) is 18.3 Å². The van der Waals surface area contributed by atoms with E-state index in [-0.39, 0.29) is 27.9 Å². The number of anilines is 2. The first-order valence-corrected chi connectivity index (χ1v) is 14.7. The summed E-state index contributed by atoms with van der Waals surface area (Å²) in [4.78, 5) is 8.88. The first-order chi connectivity index (χ1) is 21.5. The van der Waals surface area contributed by atoms with Crippen molar-refractivity contribution in [1.29, 1.82) is 10.5 Å². The minimum Gasteiger partial charge on any atom is -0.382 e. The first-order valence-electron chi connectivity index (χ1n) is 14.7. The molecule has 3 aliphatic carbocycles. The number of nitriles is 2. The molecule has 4 aliphatic rings. The van der Waals surface area contributed by atoms with Crippen molar-refractivity contribution in [1.82, 2.24) is 25.9 Å². The quantitative estimate of drug-likeness (QED) is 0.180. The number of nitrogens with zero attached hydrogens (tertiary/aromatic N) is 5. The van der Waals surface area contributed by atoms with Crippen LogP contribution < -0.4 is 21.6 Å². The minimum absolute atomic E-state index is 0.0803. The number of hydrazine groups is 2. The van der Waals surface area contributed by atoms with E-state index < -0.39 is 24.2 Å². The highest BCUT2D eigenvalue weighted by atomic mass is 19.4. The van der Waals surface area contributed by atoms with Crippen LogP contribution in [-0.4, -0.2) is 33.2 Å². The maximum Gasteiger partial charge on any atom is 0.395 e. The summed E-state index contributed by atoms with van der Waals surface area (Å²) in [5, 5.41) is 29.9. The molecule has 12 heteroatoms. The molecule has 0 spiro atoms. The molecule has 1 atom stereocenters. The van der Waals surface area contributed by atoms with Crippen molar-refractivity contribution < 1.29 is 13.2 Å². The second-order valence-corrected chi connectivity index (χ2v) is 12.8. The van der Waals surface area contributed by atoms with Crippen LogP contribution in [0.25, 0.3) is 21.8 Å². The lowest BCUT2D eigenvalue weighted by atomic mass is 9.49. The Balaban J connectivity index is 1.33. The molecule has 3 fully saturated rings. The van der Waals surface area contributed by atoms with Crippen LogP contribution in [0.4, 0.5) is 24.5 Å². The fourth-order valence-corrected chi connectivity index (χ4v) is 6.48. The zero-order valence-electron chi connectivity index (χ0n) is 24.6. The minimum atomic E-state index is -4.47. The van der Waals surface area contributed by atoms with E-state index in [0.29, 0.717) is 11.1 Å². The van der Waals surface area contributed by atoms with Crippen LogP contribution in [0.2, 0.25) is 0 Å². The number of alkyl halides is 3. The first kappa shape index (κ1) is 28.7. The highest BCUT2D eigenvalue weighted by molar-refractivity contribution is 5.99. The Bertz CT molecular complexity index is 1930. The number of nitrogens with one attached hydrogen (secondary N) is 4. The van der Waals surface area contributed by atoms with Gasteiger partial charge in [-0.05, 0) is 68.9 Å². The molecule has 0 radical (unpaired) electrons. The average molecular weight is 610 g/mol. The van der Waals surface area contributed by atoms with E-state index in [1.807, 2.05) is 36.4 Å². The number of aromatic nitrogens is 2. The highest BCUT2D eigenvalue weighted by Crippen LogP contribution is 2.60. The molecule has 4 aromatic rings. The Kier molecular flexibility index (Phi) is 6.53. The van der Waals surface area contributed by atoms with Crippen LogP contribution >= 0.6 is 0 Å². The van der Waals surface area contributed by atoms with E-state index in [9.17, 15) is 23.7 Å². The standard InChI is InChI=1S/C33H30F3N9/c1-31(2,33(34,35)36)18-41-29-21(15-38)16-40-28-20(14-37)9-22(10-25(28)29)42-30(24-5-3-7-26-23(24)6-4-8-39-26)27-17-45(44-43-27)32-11-19(12-32)13-32/h3-10,16-17,19,30,42-44H,11-13,18H2,1-2H3,(H,40,41)/t19?,30-,32?/m0/s1. The summed E-state index contributed by atoms with van der Waals surface area (Å²) >= 11 is 0. The van der Waals surface area contributed by atoms with Gasteiger partial charge >= 0.3 is 6.18 Å². The molecule has 2 aromatic heterocycles. The third-order valence-corrected chi connectivity index (χ3v) is 9.40. The van der Waals surface area contributed by atoms with Gasteiger partial charge in [0.1, 0.15) is 12.1 Å². The fraction of sp³-hybridized carbons (Fsp3) is 0.333. The number of halogens is 3. The van der Waals surface area contributed by atoms with Gasteiger partial charge < -0.3 is 16.1 Å². The van der Waals surface area contributed by atoms with Crippen molar-refractivity contribution in [2.45, 2.75) is 50.9 Å². The summed E-state index contributed by atoms with van der Waals surface area (Å²) in [6.45, 7) is 1.72. The molecule has 2 bridgehead atoms. The molecule has 3 saturated carbocycles. The van der Waals surface area contributed by atoms with Crippen molar-refractivity contribution in [3.05, 3.63) is 83.4 Å². The van der Waals surface area contributed by atoms with Gasteiger partial charge in [0.15, 0.2) is 0 Å². The third-order valence-electron chi connectivity index (χ3n) is 9.40. The average Bonchev–Trinajstić information content (AvgIpc) is 3.45. The Morgan fingerprint density at radius 1 is 1.04 bits per heavy atom. The van der Waals surface area contributed by atoms with Crippen LogP contribution in [0.15, 0.2) is 66.8 Å². The zero-order valence-corrected chi connectivity index (χ0v) is 24.6. The molecule has 1 aliphatic heterocycles. The van der Waals surface area contributed by atoms with E-state index in [4.69, 9.17) is 0 Å². The monoisotopic (exact) mass is 609 g/mol. The lowest BCUT2D eigenvalue weighted by Crippen LogP contribution is -2.69. The van der Waals surface area contributed by atoms with Crippen molar-refractivity contribution in [3.8, 4) is 12.1 Å². The van der Waals surface area contributed by atoms with Gasteiger partial charge in [0.2, 0.25) is 0 Å². The molecule has 4 N–H and O–H groups in total. The Hall–Kier alpha value is -5.07. The highest BCUT2D eigenvalue weighted by Gasteiger charge is 2.60. The van der Waals surface area contributed by atoms with Gasteiger partial charge in [0, 0.05) is 41.6 Å². The second kappa shape index (κ2) is 10.2. The summed E-state index contributed by atoms with van der Waals surface area (Å²) < 4.78 is 41.1. The van der Waals surface area contributed by atoms with E-state index in [0.717, 1.165) is 61.2 Å². The summed E-state index contributed by atoms with van der Waals surface area (Å²) in [6, 6.07) is 17.0. The second-order valence-electron chi connectivity index (χ2n) is 12.8. The molecule has 0 unspecified atom stereocenters. The predicted octanol–water partition coefficient (Wildman–Crippen LogP) is 6.40. The van der Waals surface area contributed by atoms with Crippen molar-refractivity contribution >= 4 is 33.2 Å². The SMILES string of the molecule is CC(C)(CNc1c(C#N)cnc2c(C#N)cc(N[C@H](C3=CN(C45CC(C4)C5)NN3)c3cccc4ncccc34)cc12)C(F)(F)F. The largest absolute Gasteiger partial charge is 0.395 e. The number of rotatable bonds is 8. The van der Waals surface area contributed by atoms with Crippen LogP contribution in [0.1, 0.15) is 55.8 Å². The van der Waals surface area contributed by atoms with Gasteiger partial charge in [-0.2, -0.15) is 23.7 Å². The molecule has 8 rings (SSSR count). The molecule has 0 saturated heterocycles. The van der Waals surface area contributed by atoms with Crippen LogP contribution in [-0.2, 0) is 0 Å². The smallest absolute Gasteiger partial charge is 0.382 e. The normalized spacial score (nSPS) is 21.2. The van der Waals surface area contributed by atoms with E-state index in [2.05, 4.69) is 48.8 Å². The zero-order chi connectivity index (χ0) is 31.6. The number of hydrogen-bond donors (Lipinski definition) is 4. The molecule has 2 aromatic carbocycles. The Morgan fingerprint density at radius 2 is 1.82 bits per heavy atom. The van der Waals surface area contributed by atoms with E-state index in [1.165, 1.54) is 6.20 Å². The lowest BCUT2D eigenvalue weighted by Gasteiger charge is -2.64. The van der Waals surface area contributed by atoms with Crippen molar-refractivity contribution in [3.63, 3.8) is 0 Å².